The van der Waals surface area contributed by atoms with Crippen LogP contribution in [0, 0.1) is 0 Å². The van der Waals surface area contributed by atoms with Crippen molar-refractivity contribution in [2.24, 2.45) is 5.73 Å². The van der Waals surface area contributed by atoms with E-state index in [1.165, 1.54) is 25.7 Å². The highest BCUT2D eigenvalue weighted by molar-refractivity contribution is 5.95. The number of benzene rings is 1. The predicted octanol–water partition coefficient (Wildman–Crippen LogP) is 2.98. The van der Waals surface area contributed by atoms with Crippen LogP contribution < -0.4 is 5.73 Å². The molecule has 0 radical (unpaired) electrons. The van der Waals surface area contributed by atoms with Crippen LogP contribution in [0.4, 0.5) is 0 Å². The largest absolute Gasteiger partial charge is 0.339 e. The van der Waals surface area contributed by atoms with Gasteiger partial charge in [-0.3, -0.25) is 4.79 Å². The average Bonchev–Trinajstić information content (AvgIpc) is 2.76. The van der Waals surface area contributed by atoms with Crippen LogP contribution in [0.1, 0.15) is 54.4 Å². The Bertz CT molecular complexity index is 436. The molecule has 20 heavy (non-hydrogen) atoms. The Morgan fingerprint density at radius 2 is 1.85 bits per heavy atom. The maximum absolute atomic E-state index is 12.7. The van der Waals surface area contributed by atoms with Gasteiger partial charge in [0.25, 0.3) is 5.91 Å². The van der Waals surface area contributed by atoms with Crippen LogP contribution in [-0.2, 0) is 6.42 Å². The van der Waals surface area contributed by atoms with Crippen molar-refractivity contribution in [3.63, 3.8) is 0 Å². The summed E-state index contributed by atoms with van der Waals surface area (Å²) in [5, 5.41) is 0. The van der Waals surface area contributed by atoms with Crippen molar-refractivity contribution in [3.8, 4) is 0 Å². The predicted molar refractivity (Wildman–Crippen MR) is 82.8 cm³/mol. The fourth-order valence-electron chi connectivity index (χ4n) is 3.10. The molecule has 3 nitrogen and oxygen atoms in total. The van der Waals surface area contributed by atoms with Gasteiger partial charge in [0, 0.05) is 18.7 Å². The van der Waals surface area contributed by atoms with Crippen LogP contribution in [0.5, 0.6) is 0 Å². The number of nitrogens with zero attached hydrogens (tertiary/aromatic N) is 1. The van der Waals surface area contributed by atoms with Gasteiger partial charge in [0.1, 0.15) is 0 Å². The highest BCUT2D eigenvalue weighted by Gasteiger charge is 2.23. The van der Waals surface area contributed by atoms with Gasteiger partial charge >= 0.3 is 0 Å². The smallest absolute Gasteiger partial charge is 0.254 e. The zero-order valence-electron chi connectivity index (χ0n) is 12.5. The van der Waals surface area contributed by atoms with E-state index in [0.717, 1.165) is 30.4 Å². The maximum atomic E-state index is 12.7. The molecule has 1 aliphatic carbocycles. The van der Waals surface area contributed by atoms with Gasteiger partial charge in [-0.15, -0.1) is 0 Å². The number of amides is 1. The van der Waals surface area contributed by atoms with E-state index in [4.69, 9.17) is 5.73 Å². The maximum Gasteiger partial charge on any atom is 0.254 e. The Morgan fingerprint density at radius 3 is 2.50 bits per heavy atom. The fourth-order valence-corrected chi connectivity index (χ4v) is 3.10. The number of hydrogen-bond donors (Lipinski definition) is 1. The van der Waals surface area contributed by atoms with Crippen LogP contribution >= 0.6 is 0 Å². The van der Waals surface area contributed by atoms with E-state index >= 15 is 0 Å². The molecule has 1 aliphatic rings. The molecule has 0 spiro atoms. The second-order valence-electron chi connectivity index (χ2n) is 5.76. The molecule has 2 N–H and O–H groups in total. The summed E-state index contributed by atoms with van der Waals surface area (Å²) >= 11 is 0. The summed E-state index contributed by atoms with van der Waals surface area (Å²) in [5.41, 5.74) is 7.54. The third-order valence-corrected chi connectivity index (χ3v) is 4.35. The number of rotatable bonds is 4. The normalized spacial score (nSPS) is 16.7. The van der Waals surface area contributed by atoms with Crippen molar-refractivity contribution in [1.29, 1.82) is 0 Å². The van der Waals surface area contributed by atoms with E-state index in [-0.39, 0.29) is 5.91 Å². The second kappa shape index (κ2) is 7.44. The first-order chi connectivity index (χ1) is 9.74. The van der Waals surface area contributed by atoms with Crippen molar-refractivity contribution in [2.75, 3.05) is 13.6 Å². The molecule has 1 amide bonds. The number of carbonyl (C=O) groups excluding carboxylic acids is 1. The first-order valence-corrected chi connectivity index (χ1v) is 7.79. The highest BCUT2D eigenvalue weighted by atomic mass is 16.2. The van der Waals surface area contributed by atoms with E-state index < -0.39 is 0 Å². The lowest BCUT2D eigenvalue weighted by atomic mass is 10.0. The van der Waals surface area contributed by atoms with Gasteiger partial charge < -0.3 is 10.6 Å². The van der Waals surface area contributed by atoms with Crippen LogP contribution in [0.25, 0.3) is 0 Å². The molecule has 0 heterocycles. The lowest BCUT2D eigenvalue weighted by Gasteiger charge is -2.28. The molecular formula is C17H26N2O. The highest BCUT2D eigenvalue weighted by Crippen LogP contribution is 2.23. The molecule has 0 aromatic heterocycles. The quantitative estimate of drug-likeness (QED) is 0.858. The molecule has 1 aromatic rings. The van der Waals surface area contributed by atoms with Gasteiger partial charge in [-0.05, 0) is 37.4 Å². The summed E-state index contributed by atoms with van der Waals surface area (Å²) in [6.45, 7) is 0.581. The van der Waals surface area contributed by atoms with Crippen LogP contribution in [-0.4, -0.2) is 30.4 Å². The van der Waals surface area contributed by atoms with Crippen LogP contribution in [0.3, 0.4) is 0 Å². The lowest BCUT2D eigenvalue weighted by Crippen LogP contribution is -2.37. The molecule has 0 bridgehead atoms. The van der Waals surface area contributed by atoms with Gasteiger partial charge in [-0.1, -0.05) is 43.9 Å². The van der Waals surface area contributed by atoms with E-state index in [2.05, 4.69) is 0 Å². The Labute approximate surface area is 122 Å². The molecule has 1 fully saturated rings. The zero-order valence-corrected chi connectivity index (χ0v) is 12.5. The molecule has 0 atom stereocenters. The third kappa shape index (κ3) is 3.60. The van der Waals surface area contributed by atoms with Gasteiger partial charge in [-0.2, -0.15) is 0 Å². The topological polar surface area (TPSA) is 46.3 Å². The fraction of sp³-hybridized carbons (Fsp3) is 0.588. The molecule has 1 aromatic carbocycles. The molecule has 2 rings (SSSR count). The molecule has 0 saturated heterocycles. The third-order valence-electron chi connectivity index (χ3n) is 4.35. The summed E-state index contributed by atoms with van der Waals surface area (Å²) in [7, 11) is 1.96. The Hall–Kier alpha value is -1.35. The van der Waals surface area contributed by atoms with Crippen molar-refractivity contribution >= 4 is 5.91 Å². The van der Waals surface area contributed by atoms with Crippen molar-refractivity contribution in [1.82, 2.24) is 4.90 Å². The minimum absolute atomic E-state index is 0.154. The van der Waals surface area contributed by atoms with E-state index in [0.29, 0.717) is 12.6 Å². The van der Waals surface area contributed by atoms with E-state index in [1.54, 1.807) is 0 Å². The average molecular weight is 274 g/mol. The standard InChI is InChI=1S/C17H26N2O/c1-19(15-9-4-2-3-5-10-15)17(20)16-11-7-6-8-14(16)12-13-18/h6-8,11,15H,2-5,9-10,12-13,18H2,1H3. The Morgan fingerprint density at radius 1 is 1.20 bits per heavy atom. The SMILES string of the molecule is CN(C(=O)c1ccccc1CCN)C1CCCCCC1. The van der Waals surface area contributed by atoms with Crippen molar-refractivity contribution in [2.45, 2.75) is 51.0 Å². The summed E-state index contributed by atoms with van der Waals surface area (Å²) in [6, 6.07) is 8.26. The Balaban J connectivity index is 2.13. The van der Waals surface area contributed by atoms with Crippen molar-refractivity contribution < 1.29 is 4.79 Å². The molecule has 110 valence electrons. The number of nitrogens with two attached hydrogens (primary N) is 1. The monoisotopic (exact) mass is 274 g/mol. The van der Waals surface area contributed by atoms with E-state index in [1.807, 2.05) is 36.2 Å². The van der Waals surface area contributed by atoms with E-state index in [9.17, 15) is 4.79 Å². The number of carbonyl (C=O) groups is 1. The Kier molecular flexibility index (Phi) is 5.60. The second-order valence-corrected chi connectivity index (χ2v) is 5.76. The first kappa shape index (κ1) is 15.0. The van der Waals surface area contributed by atoms with Gasteiger partial charge in [0.05, 0.1) is 0 Å². The molecule has 0 unspecified atom stereocenters. The van der Waals surface area contributed by atoms with Gasteiger partial charge in [0.2, 0.25) is 0 Å². The van der Waals surface area contributed by atoms with Gasteiger partial charge in [-0.25, -0.2) is 0 Å². The van der Waals surface area contributed by atoms with Crippen LogP contribution in [0.2, 0.25) is 0 Å². The lowest BCUT2D eigenvalue weighted by molar-refractivity contribution is 0.0716. The minimum Gasteiger partial charge on any atom is -0.339 e. The molecule has 3 heteroatoms. The zero-order chi connectivity index (χ0) is 14.4. The first-order valence-electron chi connectivity index (χ1n) is 7.79. The molecule has 1 saturated carbocycles. The number of hydrogen-bond acceptors (Lipinski definition) is 2. The summed E-state index contributed by atoms with van der Waals surface area (Å²) < 4.78 is 0. The van der Waals surface area contributed by atoms with Crippen molar-refractivity contribution in [3.05, 3.63) is 35.4 Å². The minimum atomic E-state index is 0.154. The van der Waals surface area contributed by atoms with Gasteiger partial charge in [0.15, 0.2) is 0 Å². The molecular weight excluding hydrogens is 248 g/mol. The summed E-state index contributed by atoms with van der Waals surface area (Å²) in [4.78, 5) is 14.7. The molecule has 0 aliphatic heterocycles. The summed E-state index contributed by atoms with van der Waals surface area (Å²) in [5.74, 6) is 0.154. The van der Waals surface area contributed by atoms with Crippen LogP contribution in [0.15, 0.2) is 24.3 Å². The summed E-state index contributed by atoms with van der Waals surface area (Å²) in [6.07, 6.45) is 8.15.